The maximum atomic E-state index is 12.6. The average Bonchev–Trinajstić information content (AvgIpc) is 3.15. The number of amides is 1. The van der Waals surface area contributed by atoms with Crippen molar-refractivity contribution < 1.29 is 4.79 Å². The Labute approximate surface area is 178 Å². The number of hydrogen-bond acceptors (Lipinski definition) is 5. The molecule has 0 spiro atoms. The number of carbonyl (C=O) groups is 1. The summed E-state index contributed by atoms with van der Waals surface area (Å²) in [4.78, 5) is 21.3. The molecule has 4 aromatic rings. The smallest absolute Gasteiger partial charge is 0.254 e. The number of hydrogen-bond donors (Lipinski definition) is 2. The van der Waals surface area contributed by atoms with Crippen LogP contribution in [0.25, 0.3) is 10.9 Å². The average molecular weight is 421 g/mol. The fourth-order valence-corrected chi connectivity index (χ4v) is 3.66. The highest BCUT2D eigenvalue weighted by Gasteiger charge is 2.12. The summed E-state index contributed by atoms with van der Waals surface area (Å²) in [5.74, 6) is 0.284. The highest BCUT2D eigenvalue weighted by molar-refractivity contribution is 6.31. The molecular formula is C22H21ClN6O. The summed E-state index contributed by atoms with van der Waals surface area (Å²) in [5.41, 5.74) is 10.9. The van der Waals surface area contributed by atoms with Gasteiger partial charge >= 0.3 is 0 Å². The highest BCUT2D eigenvalue weighted by atomic mass is 35.5. The molecule has 3 aromatic heterocycles. The van der Waals surface area contributed by atoms with Gasteiger partial charge in [-0.1, -0.05) is 29.8 Å². The zero-order valence-electron chi connectivity index (χ0n) is 16.7. The van der Waals surface area contributed by atoms with Crippen molar-refractivity contribution in [3.8, 4) is 0 Å². The van der Waals surface area contributed by atoms with Gasteiger partial charge in [-0.25, -0.2) is 4.98 Å². The second-order valence-electron chi connectivity index (χ2n) is 7.18. The number of para-hydroxylation sites is 1. The van der Waals surface area contributed by atoms with Crippen molar-refractivity contribution >= 4 is 34.2 Å². The van der Waals surface area contributed by atoms with Crippen molar-refractivity contribution in [3.63, 3.8) is 0 Å². The highest BCUT2D eigenvalue weighted by Crippen LogP contribution is 2.21. The van der Waals surface area contributed by atoms with Gasteiger partial charge in [0.25, 0.3) is 5.91 Å². The van der Waals surface area contributed by atoms with Gasteiger partial charge in [-0.3, -0.25) is 14.5 Å². The molecule has 7 nitrogen and oxygen atoms in total. The summed E-state index contributed by atoms with van der Waals surface area (Å²) in [7, 11) is 0. The van der Waals surface area contributed by atoms with Gasteiger partial charge in [-0.15, -0.1) is 0 Å². The number of nitrogens with zero attached hydrogens (tertiary/aromatic N) is 4. The van der Waals surface area contributed by atoms with Gasteiger partial charge < -0.3 is 11.1 Å². The second kappa shape index (κ2) is 8.12. The van der Waals surface area contributed by atoms with Crippen LogP contribution in [0.3, 0.4) is 0 Å². The molecule has 3 heterocycles. The number of aryl methyl sites for hydroxylation is 2. The third-order valence-electron chi connectivity index (χ3n) is 4.99. The molecule has 0 aliphatic rings. The molecule has 8 heteroatoms. The van der Waals surface area contributed by atoms with Crippen molar-refractivity contribution in [1.29, 1.82) is 0 Å². The van der Waals surface area contributed by atoms with Crippen LogP contribution in [0, 0.1) is 13.8 Å². The van der Waals surface area contributed by atoms with Crippen molar-refractivity contribution in [1.82, 2.24) is 25.1 Å². The predicted octanol–water partition coefficient (Wildman–Crippen LogP) is 3.66. The molecule has 0 saturated carbocycles. The van der Waals surface area contributed by atoms with E-state index < -0.39 is 0 Å². The lowest BCUT2D eigenvalue weighted by molar-refractivity contribution is 0.0950. The summed E-state index contributed by atoms with van der Waals surface area (Å²) in [6.45, 7) is 4.71. The second-order valence-corrected chi connectivity index (χ2v) is 7.62. The number of nitrogens with one attached hydrogen (secondary N) is 1. The van der Waals surface area contributed by atoms with Gasteiger partial charge in [0.15, 0.2) is 0 Å². The van der Waals surface area contributed by atoms with Crippen LogP contribution in [0.15, 0.2) is 48.9 Å². The Balaban J connectivity index is 1.47. The molecule has 3 N–H and O–H groups in total. The van der Waals surface area contributed by atoms with E-state index in [4.69, 9.17) is 17.3 Å². The summed E-state index contributed by atoms with van der Waals surface area (Å²) in [5, 5.41) is 8.82. The molecule has 0 bridgehead atoms. The third-order valence-corrected chi connectivity index (χ3v) is 5.20. The van der Waals surface area contributed by atoms with Gasteiger partial charge in [-0.2, -0.15) is 5.10 Å². The van der Waals surface area contributed by atoms with Crippen LogP contribution in [0.5, 0.6) is 0 Å². The Morgan fingerprint density at radius 1 is 1.23 bits per heavy atom. The summed E-state index contributed by atoms with van der Waals surface area (Å²) >= 11 is 6.04. The van der Waals surface area contributed by atoms with Crippen molar-refractivity contribution in [3.05, 3.63) is 81.9 Å². The fourth-order valence-electron chi connectivity index (χ4n) is 3.49. The molecular weight excluding hydrogens is 400 g/mol. The topological polar surface area (TPSA) is 98.7 Å². The molecule has 0 saturated heterocycles. The first kappa shape index (κ1) is 19.8. The van der Waals surface area contributed by atoms with E-state index >= 15 is 0 Å². The van der Waals surface area contributed by atoms with Gasteiger partial charge in [0.1, 0.15) is 5.82 Å². The molecule has 0 atom stereocenters. The Morgan fingerprint density at radius 3 is 2.87 bits per heavy atom. The number of pyridine rings is 2. The predicted molar refractivity (Wildman–Crippen MR) is 117 cm³/mol. The monoisotopic (exact) mass is 420 g/mol. The van der Waals surface area contributed by atoms with E-state index in [1.54, 1.807) is 29.3 Å². The molecule has 152 valence electrons. The Bertz CT molecular complexity index is 1230. The van der Waals surface area contributed by atoms with Crippen LogP contribution in [-0.4, -0.2) is 25.7 Å². The minimum Gasteiger partial charge on any atom is -0.384 e. The lowest BCUT2D eigenvalue weighted by atomic mass is 10.1. The van der Waals surface area contributed by atoms with E-state index in [0.717, 1.165) is 33.3 Å². The first-order chi connectivity index (χ1) is 14.4. The first-order valence-corrected chi connectivity index (χ1v) is 9.85. The van der Waals surface area contributed by atoms with Crippen LogP contribution in [-0.2, 0) is 13.1 Å². The maximum Gasteiger partial charge on any atom is 0.254 e. The Morgan fingerprint density at radius 2 is 2.07 bits per heavy atom. The quantitative estimate of drug-likeness (QED) is 0.513. The first-order valence-electron chi connectivity index (χ1n) is 9.47. The number of carbonyl (C=O) groups excluding carboxylic acids is 1. The van der Waals surface area contributed by atoms with Gasteiger partial charge in [0.05, 0.1) is 28.8 Å². The molecule has 0 unspecified atom stereocenters. The molecule has 4 rings (SSSR count). The lowest BCUT2D eigenvalue weighted by Crippen LogP contribution is -2.23. The van der Waals surface area contributed by atoms with E-state index in [-0.39, 0.29) is 5.91 Å². The van der Waals surface area contributed by atoms with Gasteiger partial charge in [-0.05, 0) is 42.7 Å². The van der Waals surface area contributed by atoms with Crippen LogP contribution in [0.4, 0.5) is 5.82 Å². The minimum atomic E-state index is -0.195. The van der Waals surface area contributed by atoms with E-state index in [1.165, 1.54) is 0 Å². The van der Waals surface area contributed by atoms with E-state index in [9.17, 15) is 4.79 Å². The molecule has 1 aromatic carbocycles. The number of aromatic nitrogens is 4. The van der Waals surface area contributed by atoms with E-state index in [2.05, 4.69) is 20.4 Å². The third kappa shape index (κ3) is 4.11. The number of anilines is 1. The molecule has 1 amide bonds. The molecule has 0 aliphatic carbocycles. The maximum absolute atomic E-state index is 12.6. The molecule has 0 aliphatic heterocycles. The summed E-state index contributed by atoms with van der Waals surface area (Å²) in [6, 6.07) is 9.60. The Hall–Kier alpha value is -3.45. The number of halogens is 1. The normalized spacial score (nSPS) is 11.0. The van der Waals surface area contributed by atoms with Crippen molar-refractivity contribution in [2.45, 2.75) is 26.9 Å². The number of nitrogens with two attached hydrogens (primary N) is 1. The molecule has 0 radical (unpaired) electrons. The van der Waals surface area contributed by atoms with E-state index in [0.29, 0.717) is 29.5 Å². The fraction of sp³-hybridized carbons (Fsp3) is 0.182. The van der Waals surface area contributed by atoms with E-state index in [1.807, 2.05) is 38.1 Å². The van der Waals surface area contributed by atoms with Gasteiger partial charge in [0.2, 0.25) is 0 Å². The Kier molecular flexibility index (Phi) is 5.37. The van der Waals surface area contributed by atoms with Crippen molar-refractivity contribution in [2.75, 3.05) is 5.73 Å². The largest absolute Gasteiger partial charge is 0.384 e. The number of fused-ring (bicyclic) bond motifs is 1. The van der Waals surface area contributed by atoms with Crippen molar-refractivity contribution in [2.24, 2.45) is 0 Å². The van der Waals surface area contributed by atoms with Crippen LogP contribution >= 0.6 is 11.6 Å². The van der Waals surface area contributed by atoms with Crippen LogP contribution < -0.4 is 11.1 Å². The number of benzene rings is 1. The summed E-state index contributed by atoms with van der Waals surface area (Å²) < 4.78 is 1.72. The van der Waals surface area contributed by atoms with Crippen LogP contribution in [0.1, 0.15) is 32.7 Å². The number of rotatable bonds is 5. The van der Waals surface area contributed by atoms with Gasteiger partial charge in [0, 0.05) is 30.0 Å². The zero-order valence-corrected chi connectivity index (χ0v) is 17.4. The summed E-state index contributed by atoms with van der Waals surface area (Å²) in [6.07, 6.45) is 4.92. The minimum absolute atomic E-state index is 0.195. The van der Waals surface area contributed by atoms with Crippen LogP contribution in [0.2, 0.25) is 5.02 Å². The standard InChI is InChI=1S/C22H21ClN6O/c1-13-6-20(24)28-14(2)19(13)10-26-22(30)17-8-27-29(12-17)11-16-5-3-4-15-7-18(23)9-25-21(15)16/h3-9,12H,10-11H2,1-2H3,(H2,24,28)(H,26,30). The molecule has 0 fully saturated rings. The SMILES string of the molecule is Cc1cc(N)nc(C)c1CNC(=O)c1cnn(Cc2cccc3cc(Cl)cnc23)c1. The zero-order chi connectivity index (χ0) is 21.3. The molecule has 30 heavy (non-hydrogen) atoms. The lowest BCUT2D eigenvalue weighted by Gasteiger charge is -2.11. The number of nitrogen functional groups attached to an aromatic ring is 1.